The Morgan fingerprint density at radius 2 is 2.06 bits per heavy atom. The second kappa shape index (κ2) is 4.73. The van der Waals surface area contributed by atoms with Crippen molar-refractivity contribution in [1.82, 2.24) is 15.5 Å². The van der Waals surface area contributed by atoms with Crippen LogP contribution in [0.15, 0.2) is 0 Å². The SMILES string of the molecule is CC[C@@H](C)NC(=O)CN1C(=O)NC(C)(C)C1=O. The summed E-state index contributed by atoms with van der Waals surface area (Å²) in [7, 11) is 0. The number of urea groups is 1. The summed E-state index contributed by atoms with van der Waals surface area (Å²) in [5, 5.41) is 5.24. The van der Waals surface area contributed by atoms with Crippen molar-refractivity contribution in [1.29, 1.82) is 0 Å². The highest BCUT2D eigenvalue weighted by atomic mass is 16.2. The topological polar surface area (TPSA) is 78.5 Å². The first kappa shape index (κ1) is 13.5. The fourth-order valence-electron chi connectivity index (χ4n) is 1.53. The van der Waals surface area contributed by atoms with Crippen molar-refractivity contribution in [3.05, 3.63) is 0 Å². The van der Waals surface area contributed by atoms with Crippen molar-refractivity contribution in [3.8, 4) is 0 Å². The molecule has 96 valence electrons. The van der Waals surface area contributed by atoms with Crippen LogP contribution in [0, 0.1) is 0 Å². The average Bonchev–Trinajstić information content (AvgIpc) is 2.40. The van der Waals surface area contributed by atoms with E-state index in [0.717, 1.165) is 11.3 Å². The molecule has 0 saturated carbocycles. The van der Waals surface area contributed by atoms with E-state index in [9.17, 15) is 14.4 Å². The van der Waals surface area contributed by atoms with Crippen molar-refractivity contribution in [2.45, 2.75) is 45.7 Å². The molecule has 0 unspecified atom stereocenters. The van der Waals surface area contributed by atoms with Gasteiger partial charge in [-0.15, -0.1) is 0 Å². The Kier molecular flexibility index (Phi) is 3.75. The van der Waals surface area contributed by atoms with E-state index in [1.165, 1.54) is 0 Å². The molecule has 6 heteroatoms. The molecular formula is C11H19N3O3. The zero-order chi connectivity index (χ0) is 13.2. The normalized spacial score (nSPS) is 20.1. The molecule has 1 heterocycles. The van der Waals surface area contributed by atoms with E-state index < -0.39 is 11.6 Å². The van der Waals surface area contributed by atoms with E-state index in [-0.39, 0.29) is 24.4 Å². The minimum absolute atomic E-state index is 0.0382. The largest absolute Gasteiger partial charge is 0.352 e. The van der Waals surface area contributed by atoms with Gasteiger partial charge in [-0.3, -0.25) is 14.5 Å². The van der Waals surface area contributed by atoms with E-state index in [0.29, 0.717) is 0 Å². The Bertz CT molecular complexity index is 352. The standard InChI is InChI=1S/C11H19N3O3/c1-5-7(2)12-8(15)6-14-9(16)11(3,4)13-10(14)17/h7H,5-6H2,1-4H3,(H,12,15)(H,13,17)/t7-/m1/s1. The van der Waals surface area contributed by atoms with Crippen LogP contribution in [0.4, 0.5) is 4.79 Å². The first-order valence-electron chi connectivity index (χ1n) is 5.71. The third-order valence-corrected chi connectivity index (χ3v) is 2.77. The smallest absolute Gasteiger partial charge is 0.325 e. The lowest BCUT2D eigenvalue weighted by Crippen LogP contribution is -2.44. The molecule has 0 aliphatic carbocycles. The van der Waals surface area contributed by atoms with Crippen molar-refractivity contribution >= 4 is 17.8 Å². The van der Waals surface area contributed by atoms with Crippen LogP contribution in [-0.2, 0) is 9.59 Å². The lowest BCUT2D eigenvalue weighted by Gasteiger charge is -2.17. The molecule has 1 fully saturated rings. The Hall–Kier alpha value is -1.59. The molecule has 1 aliphatic heterocycles. The Morgan fingerprint density at radius 3 is 2.47 bits per heavy atom. The van der Waals surface area contributed by atoms with E-state index >= 15 is 0 Å². The lowest BCUT2D eigenvalue weighted by molar-refractivity contribution is -0.134. The van der Waals surface area contributed by atoms with Crippen LogP contribution in [0.25, 0.3) is 0 Å². The minimum Gasteiger partial charge on any atom is -0.352 e. The molecule has 6 nitrogen and oxygen atoms in total. The predicted molar refractivity (Wildman–Crippen MR) is 62.2 cm³/mol. The molecule has 0 spiro atoms. The summed E-state index contributed by atoms with van der Waals surface area (Å²) in [6.07, 6.45) is 0.803. The maximum Gasteiger partial charge on any atom is 0.325 e. The summed E-state index contributed by atoms with van der Waals surface area (Å²) in [5.41, 5.74) is -0.923. The number of amides is 4. The fraction of sp³-hybridized carbons (Fsp3) is 0.727. The van der Waals surface area contributed by atoms with Gasteiger partial charge in [-0.05, 0) is 27.2 Å². The first-order valence-corrected chi connectivity index (χ1v) is 5.71. The number of hydrogen-bond acceptors (Lipinski definition) is 3. The average molecular weight is 241 g/mol. The van der Waals surface area contributed by atoms with Crippen molar-refractivity contribution in [3.63, 3.8) is 0 Å². The highest BCUT2D eigenvalue weighted by molar-refractivity contribution is 6.08. The number of carbonyl (C=O) groups excluding carboxylic acids is 3. The third-order valence-electron chi connectivity index (χ3n) is 2.77. The highest BCUT2D eigenvalue weighted by Gasteiger charge is 2.44. The molecule has 1 saturated heterocycles. The Labute approximate surface area is 101 Å². The van der Waals surface area contributed by atoms with Gasteiger partial charge in [0, 0.05) is 6.04 Å². The van der Waals surface area contributed by atoms with Gasteiger partial charge < -0.3 is 10.6 Å². The van der Waals surface area contributed by atoms with Gasteiger partial charge in [-0.25, -0.2) is 4.79 Å². The molecule has 1 atom stereocenters. The van der Waals surface area contributed by atoms with Gasteiger partial charge in [0.25, 0.3) is 5.91 Å². The zero-order valence-corrected chi connectivity index (χ0v) is 10.7. The van der Waals surface area contributed by atoms with Crippen molar-refractivity contribution in [2.75, 3.05) is 6.54 Å². The van der Waals surface area contributed by atoms with Crippen LogP contribution < -0.4 is 10.6 Å². The van der Waals surface area contributed by atoms with Crippen LogP contribution in [0.1, 0.15) is 34.1 Å². The van der Waals surface area contributed by atoms with Gasteiger partial charge >= 0.3 is 6.03 Å². The molecule has 0 radical (unpaired) electrons. The van der Waals surface area contributed by atoms with Crippen LogP contribution >= 0.6 is 0 Å². The summed E-state index contributed by atoms with van der Waals surface area (Å²) in [4.78, 5) is 35.8. The van der Waals surface area contributed by atoms with Crippen LogP contribution in [0.2, 0.25) is 0 Å². The lowest BCUT2D eigenvalue weighted by atomic mass is 10.1. The summed E-state index contributed by atoms with van der Waals surface area (Å²) in [5.74, 6) is -0.692. The summed E-state index contributed by atoms with van der Waals surface area (Å²) in [6, 6.07) is -0.476. The van der Waals surface area contributed by atoms with Crippen molar-refractivity contribution in [2.24, 2.45) is 0 Å². The molecule has 0 aromatic carbocycles. The molecule has 4 amide bonds. The second-order valence-corrected chi connectivity index (χ2v) is 4.82. The Balaban J connectivity index is 2.61. The molecule has 2 N–H and O–H groups in total. The summed E-state index contributed by atoms with van der Waals surface area (Å²) >= 11 is 0. The van der Waals surface area contributed by atoms with Crippen LogP contribution in [0.5, 0.6) is 0 Å². The molecular weight excluding hydrogens is 222 g/mol. The highest BCUT2D eigenvalue weighted by Crippen LogP contribution is 2.15. The van der Waals surface area contributed by atoms with Gasteiger partial charge in [0.1, 0.15) is 12.1 Å². The minimum atomic E-state index is -0.923. The number of hydrogen-bond donors (Lipinski definition) is 2. The number of nitrogens with one attached hydrogen (secondary N) is 2. The maximum absolute atomic E-state index is 11.8. The fourth-order valence-corrected chi connectivity index (χ4v) is 1.53. The van der Waals surface area contributed by atoms with Gasteiger partial charge in [0.15, 0.2) is 0 Å². The zero-order valence-electron chi connectivity index (χ0n) is 10.7. The van der Waals surface area contributed by atoms with Gasteiger partial charge in [0.05, 0.1) is 0 Å². The van der Waals surface area contributed by atoms with E-state index in [4.69, 9.17) is 0 Å². The number of imide groups is 1. The summed E-state index contributed by atoms with van der Waals surface area (Å²) in [6.45, 7) is 6.81. The second-order valence-electron chi connectivity index (χ2n) is 4.82. The molecule has 0 aromatic heterocycles. The molecule has 0 aromatic rings. The third kappa shape index (κ3) is 2.95. The number of rotatable bonds is 4. The van der Waals surface area contributed by atoms with E-state index in [1.807, 2.05) is 13.8 Å². The van der Waals surface area contributed by atoms with Crippen LogP contribution in [-0.4, -0.2) is 40.9 Å². The van der Waals surface area contributed by atoms with E-state index in [1.54, 1.807) is 13.8 Å². The summed E-state index contributed by atoms with van der Waals surface area (Å²) < 4.78 is 0. The van der Waals surface area contributed by atoms with Gasteiger partial charge in [0.2, 0.25) is 5.91 Å². The Morgan fingerprint density at radius 1 is 1.47 bits per heavy atom. The first-order chi connectivity index (χ1) is 7.77. The monoisotopic (exact) mass is 241 g/mol. The predicted octanol–water partition coefficient (Wildman–Crippen LogP) is 0.231. The van der Waals surface area contributed by atoms with Crippen molar-refractivity contribution < 1.29 is 14.4 Å². The quantitative estimate of drug-likeness (QED) is 0.692. The number of nitrogens with zero attached hydrogens (tertiary/aromatic N) is 1. The molecule has 1 aliphatic rings. The van der Waals surface area contributed by atoms with Gasteiger partial charge in [-0.1, -0.05) is 6.92 Å². The molecule has 1 rings (SSSR count). The molecule has 0 bridgehead atoms. The van der Waals surface area contributed by atoms with E-state index in [2.05, 4.69) is 10.6 Å². The number of carbonyl (C=O) groups is 3. The van der Waals surface area contributed by atoms with Crippen LogP contribution in [0.3, 0.4) is 0 Å². The maximum atomic E-state index is 11.8. The van der Waals surface area contributed by atoms with Gasteiger partial charge in [-0.2, -0.15) is 0 Å². The molecule has 17 heavy (non-hydrogen) atoms.